The zero-order valence-corrected chi connectivity index (χ0v) is 15.0. The summed E-state index contributed by atoms with van der Waals surface area (Å²) in [6.45, 7) is 2.63. The Morgan fingerprint density at radius 2 is 2.04 bits per heavy atom. The van der Waals surface area contributed by atoms with Crippen LogP contribution in [0.2, 0.25) is 0 Å². The number of hydrogen-bond donors (Lipinski definition) is 1. The number of rotatable bonds is 6. The highest BCUT2D eigenvalue weighted by Gasteiger charge is 2.25. The number of nitrogens with zero attached hydrogens (tertiary/aromatic N) is 4. The van der Waals surface area contributed by atoms with Gasteiger partial charge >= 0.3 is 0 Å². The SMILES string of the molecule is CN1CCC(Cc2nc(C[C@H]3C=CS(=O)(=O)C3)n(CCO)n2)CC1. The normalized spacial score (nSPS) is 24.7. The van der Waals surface area contributed by atoms with Crippen LogP contribution in [0.5, 0.6) is 0 Å². The number of piperidine rings is 1. The zero-order valence-electron chi connectivity index (χ0n) is 14.1. The quantitative estimate of drug-likeness (QED) is 0.788. The Bertz CT molecular complexity index is 690. The van der Waals surface area contributed by atoms with Gasteiger partial charge in [0, 0.05) is 18.2 Å². The molecule has 1 fully saturated rings. The molecule has 0 radical (unpaired) electrons. The molecule has 1 saturated heterocycles. The first-order valence-corrected chi connectivity index (χ1v) is 10.3. The largest absolute Gasteiger partial charge is 0.394 e. The van der Waals surface area contributed by atoms with Crippen LogP contribution in [0.3, 0.4) is 0 Å². The lowest BCUT2D eigenvalue weighted by atomic mass is 9.93. The molecule has 3 heterocycles. The highest BCUT2D eigenvalue weighted by atomic mass is 32.2. The maximum Gasteiger partial charge on any atom is 0.171 e. The summed E-state index contributed by atoms with van der Waals surface area (Å²) in [5, 5.41) is 15.1. The van der Waals surface area contributed by atoms with Gasteiger partial charge in [0.2, 0.25) is 0 Å². The standard InChI is InChI=1S/C16H26N4O3S/c1-19-5-2-13(3-6-19)10-15-17-16(20(18-15)7-8-21)11-14-4-9-24(22,23)12-14/h4,9,13-14,21H,2-3,5-8,10-12H2,1H3/t14-/m1/s1. The van der Waals surface area contributed by atoms with Gasteiger partial charge in [-0.15, -0.1) is 0 Å². The summed E-state index contributed by atoms with van der Waals surface area (Å²) in [5.41, 5.74) is 0. The van der Waals surface area contributed by atoms with Gasteiger partial charge in [0.05, 0.1) is 18.9 Å². The van der Waals surface area contributed by atoms with E-state index in [-0.39, 0.29) is 18.3 Å². The number of sulfone groups is 1. The van der Waals surface area contributed by atoms with Gasteiger partial charge in [0.1, 0.15) is 5.82 Å². The van der Waals surface area contributed by atoms with Gasteiger partial charge in [-0.1, -0.05) is 6.08 Å². The van der Waals surface area contributed by atoms with E-state index in [4.69, 9.17) is 0 Å². The summed E-state index contributed by atoms with van der Waals surface area (Å²) in [5.74, 6) is 2.29. The molecule has 1 N–H and O–H groups in total. The minimum Gasteiger partial charge on any atom is -0.394 e. The molecule has 8 heteroatoms. The summed E-state index contributed by atoms with van der Waals surface area (Å²) >= 11 is 0. The van der Waals surface area contributed by atoms with Crippen LogP contribution in [0.1, 0.15) is 24.5 Å². The Balaban J connectivity index is 1.67. The average molecular weight is 354 g/mol. The third kappa shape index (κ3) is 4.43. The number of allylic oxidation sites excluding steroid dienone is 1. The monoisotopic (exact) mass is 354 g/mol. The van der Waals surface area contributed by atoms with Crippen LogP contribution >= 0.6 is 0 Å². The Morgan fingerprint density at radius 1 is 1.29 bits per heavy atom. The Kier molecular flexibility index (Phi) is 5.36. The van der Waals surface area contributed by atoms with Crippen LogP contribution in [0.4, 0.5) is 0 Å². The fraction of sp³-hybridized carbons (Fsp3) is 0.750. The van der Waals surface area contributed by atoms with E-state index in [1.165, 1.54) is 5.41 Å². The number of aliphatic hydroxyl groups excluding tert-OH is 1. The van der Waals surface area contributed by atoms with E-state index in [1.54, 1.807) is 10.8 Å². The van der Waals surface area contributed by atoms with E-state index in [2.05, 4.69) is 22.0 Å². The van der Waals surface area contributed by atoms with Gasteiger partial charge in [0.15, 0.2) is 15.7 Å². The smallest absolute Gasteiger partial charge is 0.171 e. The predicted molar refractivity (Wildman–Crippen MR) is 91.2 cm³/mol. The summed E-state index contributed by atoms with van der Waals surface area (Å²) in [6.07, 6.45) is 5.46. The molecule has 1 atom stereocenters. The second kappa shape index (κ2) is 7.33. The fourth-order valence-corrected chi connectivity index (χ4v) is 4.86. The molecule has 0 spiro atoms. The average Bonchev–Trinajstić information content (AvgIpc) is 3.05. The van der Waals surface area contributed by atoms with Gasteiger partial charge in [-0.2, -0.15) is 5.10 Å². The van der Waals surface area contributed by atoms with Crippen LogP contribution in [0.15, 0.2) is 11.5 Å². The lowest BCUT2D eigenvalue weighted by Crippen LogP contribution is -2.31. The Morgan fingerprint density at radius 3 is 2.67 bits per heavy atom. The number of aromatic nitrogens is 3. The Labute approximate surface area is 143 Å². The lowest BCUT2D eigenvalue weighted by molar-refractivity contribution is 0.217. The van der Waals surface area contributed by atoms with Crippen molar-refractivity contribution in [3.8, 4) is 0 Å². The maximum absolute atomic E-state index is 11.6. The van der Waals surface area contributed by atoms with Gasteiger partial charge in [-0.25, -0.2) is 18.1 Å². The van der Waals surface area contributed by atoms with Gasteiger partial charge in [-0.05, 0) is 44.8 Å². The van der Waals surface area contributed by atoms with Crippen molar-refractivity contribution in [1.29, 1.82) is 0 Å². The first-order chi connectivity index (χ1) is 11.4. The highest BCUT2D eigenvalue weighted by molar-refractivity contribution is 7.94. The molecule has 2 aliphatic heterocycles. The third-order valence-electron chi connectivity index (χ3n) is 4.86. The topological polar surface area (TPSA) is 88.3 Å². The van der Waals surface area contributed by atoms with Crippen molar-refractivity contribution < 1.29 is 13.5 Å². The van der Waals surface area contributed by atoms with E-state index < -0.39 is 9.84 Å². The van der Waals surface area contributed by atoms with Gasteiger partial charge in [-0.3, -0.25) is 0 Å². The Hall–Kier alpha value is -1.25. The first kappa shape index (κ1) is 17.6. The van der Waals surface area contributed by atoms with Gasteiger partial charge < -0.3 is 10.0 Å². The van der Waals surface area contributed by atoms with Crippen molar-refractivity contribution in [1.82, 2.24) is 19.7 Å². The molecule has 1 aromatic rings. The highest BCUT2D eigenvalue weighted by Crippen LogP contribution is 2.22. The van der Waals surface area contributed by atoms with Crippen LogP contribution in [0, 0.1) is 11.8 Å². The van der Waals surface area contributed by atoms with E-state index in [1.807, 2.05) is 0 Å². The molecule has 24 heavy (non-hydrogen) atoms. The molecule has 0 saturated carbocycles. The van der Waals surface area contributed by atoms with Crippen molar-refractivity contribution in [3.05, 3.63) is 23.1 Å². The lowest BCUT2D eigenvalue weighted by Gasteiger charge is -2.28. The van der Waals surface area contributed by atoms with Crippen LogP contribution < -0.4 is 0 Å². The van der Waals surface area contributed by atoms with Gasteiger partial charge in [0.25, 0.3) is 0 Å². The minimum absolute atomic E-state index is 0.00281. The third-order valence-corrected chi connectivity index (χ3v) is 6.33. The molecule has 0 unspecified atom stereocenters. The molecular weight excluding hydrogens is 328 g/mol. The summed E-state index contributed by atoms with van der Waals surface area (Å²) in [6, 6.07) is 0. The zero-order chi connectivity index (χ0) is 17.2. The van der Waals surface area contributed by atoms with E-state index in [0.717, 1.165) is 44.0 Å². The van der Waals surface area contributed by atoms with E-state index in [9.17, 15) is 13.5 Å². The van der Waals surface area contributed by atoms with Crippen LogP contribution in [0.25, 0.3) is 0 Å². The molecule has 7 nitrogen and oxygen atoms in total. The van der Waals surface area contributed by atoms with Crippen molar-refractivity contribution in [3.63, 3.8) is 0 Å². The number of hydrogen-bond acceptors (Lipinski definition) is 6. The van der Waals surface area contributed by atoms with Crippen LogP contribution in [-0.2, 0) is 29.2 Å². The second-order valence-electron chi connectivity index (χ2n) is 6.96. The molecule has 134 valence electrons. The fourth-order valence-electron chi connectivity index (χ4n) is 3.46. The molecule has 0 amide bonds. The molecule has 0 aliphatic carbocycles. The number of aliphatic hydroxyl groups is 1. The van der Waals surface area contributed by atoms with Crippen molar-refractivity contribution in [2.45, 2.75) is 32.2 Å². The summed E-state index contributed by atoms with van der Waals surface area (Å²) in [4.78, 5) is 6.99. The minimum atomic E-state index is -3.05. The van der Waals surface area contributed by atoms with Crippen molar-refractivity contribution in [2.75, 3.05) is 32.5 Å². The number of likely N-dealkylation sites (tertiary alicyclic amines) is 1. The second-order valence-corrected chi connectivity index (χ2v) is 8.90. The van der Waals surface area contributed by atoms with Crippen LogP contribution in [-0.4, -0.2) is 65.7 Å². The molecule has 0 aromatic carbocycles. The van der Waals surface area contributed by atoms with Crippen molar-refractivity contribution in [2.24, 2.45) is 11.8 Å². The van der Waals surface area contributed by atoms with E-state index >= 15 is 0 Å². The van der Waals surface area contributed by atoms with E-state index in [0.29, 0.717) is 18.9 Å². The first-order valence-electron chi connectivity index (χ1n) is 8.58. The predicted octanol–water partition coefficient (Wildman–Crippen LogP) is 0.256. The molecule has 2 aliphatic rings. The molecule has 0 bridgehead atoms. The van der Waals surface area contributed by atoms with Crippen molar-refractivity contribution >= 4 is 9.84 Å². The molecule has 1 aromatic heterocycles. The maximum atomic E-state index is 11.6. The molecular formula is C16H26N4O3S. The summed E-state index contributed by atoms with van der Waals surface area (Å²) in [7, 11) is -0.909. The summed E-state index contributed by atoms with van der Waals surface area (Å²) < 4.78 is 24.9. The molecule has 3 rings (SSSR count).